The second-order valence-corrected chi connectivity index (χ2v) is 5.91. The zero-order valence-electron chi connectivity index (χ0n) is 13.7. The lowest BCUT2D eigenvalue weighted by atomic mass is 10.1. The van der Waals surface area contributed by atoms with Crippen molar-refractivity contribution in [2.24, 2.45) is 0 Å². The number of aliphatic hydroxyl groups is 1. The lowest BCUT2D eigenvalue weighted by molar-refractivity contribution is 0.108. The summed E-state index contributed by atoms with van der Waals surface area (Å²) in [4.78, 5) is 2.35. The number of benzene rings is 2. The fourth-order valence-corrected chi connectivity index (χ4v) is 2.89. The van der Waals surface area contributed by atoms with Gasteiger partial charge in [0.1, 0.15) is 18.5 Å². The maximum absolute atomic E-state index is 13.7. The minimum Gasteiger partial charge on any atom is -0.494 e. The van der Waals surface area contributed by atoms with Gasteiger partial charge in [-0.15, -0.1) is 0 Å². The highest BCUT2D eigenvalue weighted by molar-refractivity contribution is 5.49. The molecule has 1 N–H and O–H groups in total. The molecule has 1 fully saturated rings. The molecule has 24 heavy (non-hydrogen) atoms. The molecule has 0 aromatic heterocycles. The van der Waals surface area contributed by atoms with Crippen LogP contribution in [-0.2, 0) is 0 Å². The maximum atomic E-state index is 13.7. The van der Waals surface area contributed by atoms with Crippen LogP contribution in [0.4, 0.5) is 10.1 Å². The number of anilines is 1. The predicted molar refractivity (Wildman–Crippen MR) is 91.3 cm³/mol. The Kier molecular flexibility index (Phi) is 5.20. The average molecular weight is 331 g/mol. The van der Waals surface area contributed by atoms with E-state index in [0.29, 0.717) is 11.3 Å². The molecule has 1 aliphatic heterocycles. The van der Waals surface area contributed by atoms with E-state index in [9.17, 15) is 9.50 Å². The van der Waals surface area contributed by atoms with Gasteiger partial charge in [0.25, 0.3) is 0 Å². The van der Waals surface area contributed by atoms with Crippen molar-refractivity contribution in [3.63, 3.8) is 0 Å². The molecule has 3 rings (SSSR count). The van der Waals surface area contributed by atoms with E-state index >= 15 is 0 Å². The molecule has 4 nitrogen and oxygen atoms in total. The zero-order chi connectivity index (χ0) is 16.9. The van der Waals surface area contributed by atoms with Crippen molar-refractivity contribution in [3.05, 3.63) is 53.8 Å². The number of hydrogen-bond donors (Lipinski definition) is 1. The lowest BCUT2D eigenvalue weighted by Gasteiger charge is -2.18. The van der Waals surface area contributed by atoms with Crippen molar-refractivity contribution in [3.8, 4) is 11.5 Å². The molecule has 2 aromatic rings. The predicted octanol–water partition coefficient (Wildman–Crippen LogP) is 3.55. The van der Waals surface area contributed by atoms with E-state index in [1.54, 1.807) is 6.07 Å². The number of aliphatic hydroxyl groups excluding tert-OH is 1. The highest BCUT2D eigenvalue weighted by Gasteiger charge is 2.14. The molecule has 0 saturated carbocycles. The molecule has 0 aliphatic carbocycles. The Bertz CT molecular complexity index is 669. The van der Waals surface area contributed by atoms with Gasteiger partial charge in [-0.2, -0.15) is 0 Å². The summed E-state index contributed by atoms with van der Waals surface area (Å²) in [5.74, 6) is 0.347. The van der Waals surface area contributed by atoms with Gasteiger partial charge in [0.15, 0.2) is 11.6 Å². The molecule has 5 heteroatoms. The largest absolute Gasteiger partial charge is 0.494 e. The van der Waals surface area contributed by atoms with Crippen molar-refractivity contribution in [2.45, 2.75) is 18.9 Å². The van der Waals surface area contributed by atoms with E-state index in [1.807, 2.05) is 24.3 Å². The van der Waals surface area contributed by atoms with Crippen LogP contribution in [-0.4, -0.2) is 31.9 Å². The molecule has 0 amide bonds. The summed E-state index contributed by atoms with van der Waals surface area (Å²) in [6.07, 6.45) is 1.58. The highest BCUT2D eigenvalue weighted by atomic mass is 19.1. The normalized spacial score (nSPS) is 15.4. The van der Waals surface area contributed by atoms with E-state index in [-0.39, 0.29) is 12.4 Å². The summed E-state index contributed by atoms with van der Waals surface area (Å²) in [7, 11) is 1.41. The number of nitrogens with zero attached hydrogens (tertiary/aromatic N) is 1. The third kappa shape index (κ3) is 3.79. The lowest BCUT2D eigenvalue weighted by Crippen LogP contribution is -2.17. The molecule has 0 radical (unpaired) electrons. The Labute approximate surface area is 141 Å². The minimum absolute atomic E-state index is 0.0643. The van der Waals surface area contributed by atoms with Crippen molar-refractivity contribution in [1.29, 1.82) is 0 Å². The van der Waals surface area contributed by atoms with E-state index in [0.717, 1.165) is 13.1 Å². The summed E-state index contributed by atoms with van der Waals surface area (Å²) in [6.45, 7) is 2.26. The van der Waals surface area contributed by atoms with Crippen LogP contribution in [0, 0.1) is 5.82 Å². The van der Waals surface area contributed by atoms with Crippen molar-refractivity contribution in [1.82, 2.24) is 0 Å². The fraction of sp³-hybridized carbons (Fsp3) is 0.368. The van der Waals surface area contributed by atoms with Crippen molar-refractivity contribution in [2.75, 3.05) is 31.7 Å². The van der Waals surface area contributed by atoms with Gasteiger partial charge in [0.05, 0.1) is 7.11 Å². The van der Waals surface area contributed by atoms with Gasteiger partial charge < -0.3 is 19.5 Å². The smallest absolute Gasteiger partial charge is 0.165 e. The standard InChI is InChI=1S/C19H22FNO3/c1-23-19-9-4-14(12-17(19)20)18(22)13-24-16-7-5-15(6-8-16)21-10-2-3-11-21/h4-9,12,18,22H,2-3,10-11,13H2,1H3. The molecule has 2 aromatic carbocycles. The van der Waals surface area contributed by atoms with Gasteiger partial charge >= 0.3 is 0 Å². The Morgan fingerprint density at radius 2 is 1.83 bits per heavy atom. The van der Waals surface area contributed by atoms with E-state index in [2.05, 4.69) is 4.90 Å². The zero-order valence-corrected chi connectivity index (χ0v) is 13.7. The van der Waals surface area contributed by atoms with Crippen LogP contribution in [0.2, 0.25) is 0 Å². The molecule has 1 heterocycles. The minimum atomic E-state index is -0.899. The molecule has 1 saturated heterocycles. The topological polar surface area (TPSA) is 41.9 Å². The van der Waals surface area contributed by atoms with E-state index in [1.165, 1.54) is 37.8 Å². The second-order valence-electron chi connectivity index (χ2n) is 5.91. The van der Waals surface area contributed by atoms with Crippen LogP contribution in [0.25, 0.3) is 0 Å². The Hall–Kier alpha value is -2.27. The van der Waals surface area contributed by atoms with Gasteiger partial charge in [-0.1, -0.05) is 6.07 Å². The van der Waals surface area contributed by atoms with Crippen LogP contribution < -0.4 is 14.4 Å². The first-order chi connectivity index (χ1) is 11.7. The third-order valence-electron chi connectivity index (χ3n) is 4.28. The number of hydrogen-bond acceptors (Lipinski definition) is 4. The molecule has 1 aliphatic rings. The third-order valence-corrected chi connectivity index (χ3v) is 4.28. The Balaban J connectivity index is 1.57. The fourth-order valence-electron chi connectivity index (χ4n) is 2.89. The first kappa shape index (κ1) is 16.6. The van der Waals surface area contributed by atoms with E-state index in [4.69, 9.17) is 9.47 Å². The van der Waals surface area contributed by atoms with Crippen LogP contribution in [0.5, 0.6) is 11.5 Å². The summed E-state index contributed by atoms with van der Waals surface area (Å²) in [6, 6.07) is 12.2. The first-order valence-electron chi connectivity index (χ1n) is 8.16. The monoisotopic (exact) mass is 331 g/mol. The Morgan fingerprint density at radius 3 is 2.46 bits per heavy atom. The van der Waals surface area contributed by atoms with Crippen LogP contribution >= 0.6 is 0 Å². The van der Waals surface area contributed by atoms with Crippen molar-refractivity contribution >= 4 is 5.69 Å². The SMILES string of the molecule is COc1ccc(C(O)COc2ccc(N3CCCC3)cc2)cc1F. The van der Waals surface area contributed by atoms with Gasteiger partial charge in [-0.3, -0.25) is 0 Å². The summed E-state index contributed by atoms with van der Waals surface area (Å²) < 4.78 is 24.2. The second kappa shape index (κ2) is 7.53. The molecule has 0 spiro atoms. The maximum Gasteiger partial charge on any atom is 0.165 e. The summed E-state index contributed by atoms with van der Waals surface area (Å²) in [5, 5.41) is 10.2. The quantitative estimate of drug-likeness (QED) is 0.879. The van der Waals surface area contributed by atoms with Crippen LogP contribution in [0.3, 0.4) is 0 Å². The van der Waals surface area contributed by atoms with Gasteiger partial charge in [0.2, 0.25) is 0 Å². The van der Waals surface area contributed by atoms with Crippen LogP contribution in [0.1, 0.15) is 24.5 Å². The molecule has 1 unspecified atom stereocenters. The number of rotatable bonds is 6. The first-order valence-corrected chi connectivity index (χ1v) is 8.16. The number of halogens is 1. The van der Waals surface area contributed by atoms with Gasteiger partial charge in [0, 0.05) is 18.8 Å². The number of methoxy groups -OCH3 is 1. The summed E-state index contributed by atoms with van der Waals surface area (Å²) >= 11 is 0. The molecular formula is C19H22FNO3. The summed E-state index contributed by atoms with van der Waals surface area (Å²) in [5.41, 5.74) is 1.65. The number of ether oxygens (including phenoxy) is 2. The van der Waals surface area contributed by atoms with E-state index < -0.39 is 11.9 Å². The molecule has 0 bridgehead atoms. The molecule has 128 valence electrons. The average Bonchev–Trinajstić information content (AvgIpc) is 3.14. The van der Waals surface area contributed by atoms with Gasteiger partial charge in [-0.25, -0.2) is 4.39 Å². The highest BCUT2D eigenvalue weighted by Crippen LogP contribution is 2.25. The molecular weight excluding hydrogens is 309 g/mol. The van der Waals surface area contributed by atoms with Crippen molar-refractivity contribution < 1.29 is 19.0 Å². The van der Waals surface area contributed by atoms with Gasteiger partial charge in [-0.05, 0) is 54.8 Å². The molecule has 1 atom stereocenters. The van der Waals surface area contributed by atoms with Crippen LogP contribution in [0.15, 0.2) is 42.5 Å². The Morgan fingerprint density at radius 1 is 1.12 bits per heavy atom.